The zero-order chi connectivity index (χ0) is 22.3. The molecule has 168 valence electrons. The Morgan fingerprint density at radius 2 is 1.59 bits per heavy atom. The molecule has 0 aromatic heterocycles. The van der Waals surface area contributed by atoms with Gasteiger partial charge in [-0.3, -0.25) is 9.59 Å². The Bertz CT molecular complexity index is 977. The van der Waals surface area contributed by atoms with Crippen molar-refractivity contribution in [1.82, 2.24) is 0 Å². The highest BCUT2D eigenvalue weighted by Crippen LogP contribution is 2.61. The first-order valence-electron chi connectivity index (χ1n) is 12.0. The Labute approximate surface area is 190 Å². The summed E-state index contributed by atoms with van der Waals surface area (Å²) in [6.45, 7) is 3.96. The zero-order valence-electron chi connectivity index (χ0n) is 19.1. The average molecular weight is 432 g/mol. The highest BCUT2D eigenvalue weighted by Gasteiger charge is 2.51. The first kappa shape index (κ1) is 21.2. The number of anilines is 1. The van der Waals surface area contributed by atoms with E-state index in [1.807, 2.05) is 62.4 Å². The van der Waals surface area contributed by atoms with Crippen molar-refractivity contribution >= 4 is 17.6 Å². The molecule has 0 aliphatic heterocycles. The Morgan fingerprint density at radius 1 is 0.969 bits per heavy atom. The summed E-state index contributed by atoms with van der Waals surface area (Å²) in [5.41, 5.74) is 3.61. The maximum atomic E-state index is 13.3. The van der Waals surface area contributed by atoms with E-state index < -0.39 is 6.10 Å². The normalized spacial score (nSPS) is 28.9. The van der Waals surface area contributed by atoms with Crippen molar-refractivity contribution < 1.29 is 14.3 Å². The number of esters is 1. The predicted molar refractivity (Wildman–Crippen MR) is 125 cm³/mol. The minimum Gasteiger partial charge on any atom is -0.447 e. The minimum atomic E-state index is -0.947. The van der Waals surface area contributed by atoms with Crippen LogP contribution in [-0.2, 0) is 14.3 Å². The summed E-state index contributed by atoms with van der Waals surface area (Å²) in [4.78, 5) is 26.5. The Hall–Kier alpha value is -2.62. The maximum absolute atomic E-state index is 13.3. The Kier molecular flexibility index (Phi) is 5.56. The number of rotatable bonds is 6. The van der Waals surface area contributed by atoms with E-state index in [1.54, 1.807) is 0 Å². The molecule has 0 unspecified atom stereocenters. The van der Waals surface area contributed by atoms with Crippen molar-refractivity contribution in [2.45, 2.75) is 64.9 Å². The largest absolute Gasteiger partial charge is 0.447 e. The molecule has 0 heterocycles. The third-order valence-electron chi connectivity index (χ3n) is 7.93. The topological polar surface area (TPSA) is 55.4 Å². The quantitative estimate of drug-likeness (QED) is 0.560. The van der Waals surface area contributed by atoms with Gasteiger partial charge in [0.1, 0.15) is 0 Å². The molecule has 4 aliphatic rings. The number of benzene rings is 2. The zero-order valence-corrected chi connectivity index (χ0v) is 19.1. The predicted octanol–water partition coefficient (Wildman–Crippen LogP) is 6.13. The molecule has 4 saturated carbocycles. The summed E-state index contributed by atoms with van der Waals surface area (Å²) in [5.74, 6) is 1.81. The van der Waals surface area contributed by atoms with E-state index in [0.29, 0.717) is 12.0 Å². The molecule has 4 aliphatic carbocycles. The van der Waals surface area contributed by atoms with Gasteiger partial charge in [0, 0.05) is 11.3 Å². The lowest BCUT2D eigenvalue weighted by atomic mass is 9.49. The third kappa shape index (κ3) is 4.32. The highest BCUT2D eigenvalue weighted by molar-refractivity contribution is 5.96. The van der Waals surface area contributed by atoms with Gasteiger partial charge in [0.25, 0.3) is 5.91 Å². The van der Waals surface area contributed by atoms with Crippen molar-refractivity contribution in [3.8, 4) is 0 Å². The molecular formula is C28H33NO3. The van der Waals surface area contributed by atoms with Crippen LogP contribution in [0.4, 0.5) is 5.69 Å². The number of hydrogen-bond acceptors (Lipinski definition) is 3. The molecule has 2 aromatic carbocycles. The lowest BCUT2D eigenvalue weighted by molar-refractivity contribution is -0.161. The van der Waals surface area contributed by atoms with Crippen LogP contribution in [0.1, 0.15) is 67.7 Å². The van der Waals surface area contributed by atoms with Gasteiger partial charge in [0.15, 0.2) is 0 Å². The van der Waals surface area contributed by atoms with Crippen LogP contribution in [0.3, 0.4) is 0 Å². The molecular weight excluding hydrogens is 398 g/mol. The molecule has 0 spiro atoms. The number of carbonyl (C=O) groups is 2. The van der Waals surface area contributed by atoms with Crippen molar-refractivity contribution in [2.24, 2.45) is 23.2 Å². The minimum absolute atomic E-state index is 0.0939. The second-order valence-corrected chi connectivity index (χ2v) is 10.7. The second-order valence-electron chi connectivity index (χ2n) is 10.7. The number of ether oxygens (including phenoxy) is 1. The molecule has 4 fully saturated rings. The van der Waals surface area contributed by atoms with Crippen LogP contribution in [0.25, 0.3) is 0 Å². The van der Waals surface area contributed by atoms with Gasteiger partial charge in [-0.15, -0.1) is 0 Å². The summed E-state index contributed by atoms with van der Waals surface area (Å²) in [6, 6.07) is 15.3. The van der Waals surface area contributed by atoms with E-state index in [0.717, 1.165) is 53.8 Å². The van der Waals surface area contributed by atoms with Crippen LogP contribution in [-0.4, -0.2) is 11.9 Å². The van der Waals surface area contributed by atoms with Gasteiger partial charge in [-0.05, 0) is 92.7 Å². The molecule has 6 rings (SSSR count). The molecule has 32 heavy (non-hydrogen) atoms. The summed E-state index contributed by atoms with van der Waals surface area (Å²) in [7, 11) is 0. The van der Waals surface area contributed by atoms with Gasteiger partial charge in [-0.1, -0.05) is 42.5 Å². The van der Waals surface area contributed by atoms with Gasteiger partial charge < -0.3 is 10.1 Å². The van der Waals surface area contributed by atoms with E-state index in [-0.39, 0.29) is 17.3 Å². The molecule has 1 N–H and O–H groups in total. The number of nitrogens with one attached hydrogen (secondary N) is 1. The summed E-state index contributed by atoms with van der Waals surface area (Å²) >= 11 is 0. The van der Waals surface area contributed by atoms with Gasteiger partial charge >= 0.3 is 5.97 Å². The van der Waals surface area contributed by atoms with Crippen molar-refractivity contribution in [3.05, 3.63) is 65.2 Å². The lowest BCUT2D eigenvalue weighted by Gasteiger charge is -2.56. The molecule has 0 saturated heterocycles. The summed E-state index contributed by atoms with van der Waals surface area (Å²) in [5, 5.41) is 3.00. The molecule has 4 heteroatoms. The van der Waals surface area contributed by atoms with E-state index >= 15 is 0 Å². The molecule has 0 radical (unpaired) electrons. The molecule has 1 atom stereocenters. The van der Waals surface area contributed by atoms with Crippen molar-refractivity contribution in [3.63, 3.8) is 0 Å². The van der Waals surface area contributed by atoms with Gasteiger partial charge in [-0.2, -0.15) is 0 Å². The van der Waals surface area contributed by atoms with Crippen molar-refractivity contribution in [2.75, 3.05) is 5.32 Å². The number of aryl methyl sites for hydroxylation is 2. The number of carbonyl (C=O) groups excluding carboxylic acids is 2. The van der Waals surface area contributed by atoms with Crippen LogP contribution >= 0.6 is 0 Å². The Morgan fingerprint density at radius 3 is 2.22 bits per heavy atom. The summed E-state index contributed by atoms with van der Waals surface area (Å²) in [6.07, 6.45) is 6.99. The van der Waals surface area contributed by atoms with Crippen LogP contribution in [0.15, 0.2) is 48.5 Å². The van der Waals surface area contributed by atoms with E-state index in [9.17, 15) is 9.59 Å². The molecule has 1 amide bonds. The fourth-order valence-electron chi connectivity index (χ4n) is 6.96. The number of amides is 1. The maximum Gasteiger partial charge on any atom is 0.307 e. The first-order valence-corrected chi connectivity index (χ1v) is 12.0. The number of hydrogen-bond donors (Lipinski definition) is 1. The van der Waals surface area contributed by atoms with Crippen LogP contribution in [0.2, 0.25) is 0 Å². The Balaban J connectivity index is 1.33. The molecule has 2 aromatic rings. The van der Waals surface area contributed by atoms with Crippen LogP contribution in [0.5, 0.6) is 0 Å². The summed E-state index contributed by atoms with van der Waals surface area (Å²) < 4.78 is 5.93. The van der Waals surface area contributed by atoms with Gasteiger partial charge in [0.05, 0.1) is 6.42 Å². The van der Waals surface area contributed by atoms with Gasteiger partial charge in [-0.25, -0.2) is 0 Å². The average Bonchev–Trinajstić information content (AvgIpc) is 2.74. The monoisotopic (exact) mass is 431 g/mol. The first-order chi connectivity index (χ1) is 15.4. The lowest BCUT2D eigenvalue weighted by Crippen LogP contribution is -2.47. The van der Waals surface area contributed by atoms with Gasteiger partial charge in [0.2, 0.25) is 6.10 Å². The second kappa shape index (κ2) is 8.38. The molecule has 4 nitrogen and oxygen atoms in total. The fourth-order valence-corrected chi connectivity index (χ4v) is 6.96. The van der Waals surface area contributed by atoms with Crippen LogP contribution < -0.4 is 5.32 Å². The van der Waals surface area contributed by atoms with E-state index in [1.165, 1.54) is 19.3 Å². The van der Waals surface area contributed by atoms with E-state index in [4.69, 9.17) is 4.74 Å². The smallest absolute Gasteiger partial charge is 0.307 e. The van der Waals surface area contributed by atoms with E-state index in [2.05, 4.69) is 5.32 Å². The van der Waals surface area contributed by atoms with Crippen molar-refractivity contribution in [1.29, 1.82) is 0 Å². The van der Waals surface area contributed by atoms with Crippen LogP contribution in [0, 0.1) is 37.0 Å². The molecule has 4 bridgehead atoms. The fraction of sp³-hybridized carbons (Fsp3) is 0.500. The highest BCUT2D eigenvalue weighted by atomic mass is 16.5. The standard InChI is InChI=1S/C28H33NO3/c1-18-8-9-19(2)24(10-18)29-27(31)26(23-6-4-3-5-7-23)32-25(30)17-28-14-20-11-21(15-28)13-22(12-20)16-28/h3-10,20-22,26H,11-17H2,1-2H3,(H,29,31)/t20?,21?,22?,26-,28?/m1/s1. The SMILES string of the molecule is Cc1ccc(C)c(NC(=O)[C@H](OC(=O)CC23CC4CC(CC(C4)C2)C3)c2ccccc2)c1. The third-order valence-corrected chi connectivity index (χ3v) is 7.93.